The van der Waals surface area contributed by atoms with Crippen molar-refractivity contribution in [2.45, 2.75) is 6.42 Å². The first kappa shape index (κ1) is 19.4. The quantitative estimate of drug-likeness (QED) is 0.552. The number of rotatable bonds is 4. The molecule has 0 bridgehead atoms. The molecular weight excluding hydrogens is 394 g/mol. The Kier molecular flexibility index (Phi) is 4.81. The maximum atomic E-state index is 13.3. The average Bonchev–Trinajstić information content (AvgIpc) is 2.99. The van der Waals surface area contributed by atoms with Gasteiger partial charge in [-0.05, 0) is 6.07 Å². The minimum Gasteiger partial charge on any atom is -0.384 e. The van der Waals surface area contributed by atoms with Gasteiger partial charge in [-0.3, -0.25) is 18.7 Å². The minimum atomic E-state index is -1.06. The van der Waals surface area contributed by atoms with Crippen molar-refractivity contribution in [1.82, 2.24) is 14.1 Å². The van der Waals surface area contributed by atoms with Crippen molar-refractivity contribution in [3.05, 3.63) is 50.2 Å². The summed E-state index contributed by atoms with van der Waals surface area (Å²) in [5.74, 6) is -2.99. The highest BCUT2D eigenvalue weighted by Gasteiger charge is 2.20. The third-order valence-electron chi connectivity index (χ3n) is 4.03. The number of nitrogens with one attached hydrogen (secondary N) is 2. The summed E-state index contributed by atoms with van der Waals surface area (Å²) >= 11 is 0.928. The highest BCUT2D eigenvalue weighted by molar-refractivity contribution is 7.22. The highest BCUT2D eigenvalue weighted by Crippen LogP contribution is 2.27. The van der Waals surface area contributed by atoms with Crippen molar-refractivity contribution in [1.29, 1.82) is 5.41 Å². The van der Waals surface area contributed by atoms with Crippen LogP contribution in [0, 0.1) is 17.0 Å². The molecule has 4 N–H and O–H groups in total. The van der Waals surface area contributed by atoms with Crippen molar-refractivity contribution in [3.63, 3.8) is 0 Å². The van der Waals surface area contributed by atoms with Crippen LogP contribution in [-0.2, 0) is 18.9 Å². The fraction of sp³-hybridized carbons (Fsp3) is 0.188. The van der Waals surface area contributed by atoms with Crippen molar-refractivity contribution in [2.24, 2.45) is 14.1 Å². The van der Waals surface area contributed by atoms with Gasteiger partial charge in [0, 0.05) is 20.2 Å². The van der Waals surface area contributed by atoms with E-state index in [0.29, 0.717) is 4.70 Å². The molecule has 0 fully saturated rings. The molecule has 1 aromatic carbocycles. The van der Waals surface area contributed by atoms with Crippen LogP contribution in [0.15, 0.2) is 21.7 Å². The Labute approximate surface area is 159 Å². The lowest BCUT2D eigenvalue weighted by atomic mass is 10.1. The van der Waals surface area contributed by atoms with Crippen LogP contribution >= 0.6 is 11.3 Å². The topological polar surface area (TPSA) is 136 Å². The molecule has 2 heterocycles. The second-order valence-corrected chi connectivity index (χ2v) is 6.95. The van der Waals surface area contributed by atoms with E-state index in [2.05, 4.69) is 10.3 Å². The monoisotopic (exact) mass is 408 g/mol. The van der Waals surface area contributed by atoms with Gasteiger partial charge in [-0.15, -0.1) is 0 Å². The number of nitrogens with zero attached hydrogens (tertiary/aromatic N) is 3. The molecule has 3 rings (SSSR count). The summed E-state index contributed by atoms with van der Waals surface area (Å²) in [6.07, 6.45) is -0.518. The number of aromatic nitrogens is 3. The lowest BCUT2D eigenvalue weighted by Gasteiger charge is -2.12. The minimum absolute atomic E-state index is 0.0825. The predicted octanol–water partition coefficient (Wildman–Crippen LogP) is 0.951. The molecule has 0 saturated carbocycles. The van der Waals surface area contributed by atoms with Crippen LogP contribution < -0.4 is 22.3 Å². The SMILES string of the molecule is Cn1c(N)c(C(=N)CC(=O)Nc2nc3cc(F)c(F)cc3s2)c(=O)n(C)c1=O. The van der Waals surface area contributed by atoms with E-state index in [1.165, 1.54) is 14.1 Å². The Hall–Kier alpha value is -3.41. The van der Waals surface area contributed by atoms with Crippen LogP contribution in [0.5, 0.6) is 0 Å². The molecule has 0 radical (unpaired) electrons. The van der Waals surface area contributed by atoms with Gasteiger partial charge in [-0.2, -0.15) is 0 Å². The van der Waals surface area contributed by atoms with Crippen LogP contribution in [-0.4, -0.2) is 25.7 Å². The number of hydrogen-bond donors (Lipinski definition) is 3. The summed E-state index contributed by atoms with van der Waals surface area (Å²) in [5.41, 5.74) is 3.85. The number of carbonyl (C=O) groups excluding carboxylic acids is 1. The molecule has 1 amide bonds. The standard InChI is InChI=1S/C16H14F2N6O3S/c1-23-13(20)12(14(26)24(2)16(23)27)8(19)5-11(25)22-15-21-9-3-6(17)7(18)4-10(9)28-15/h3-4,19H,5,20H2,1-2H3,(H,21,22,25). The van der Waals surface area contributed by atoms with Crippen LogP contribution in [0.1, 0.15) is 12.0 Å². The Bertz CT molecular complexity index is 1220. The maximum absolute atomic E-state index is 13.3. The molecule has 0 saturated heterocycles. The van der Waals surface area contributed by atoms with Gasteiger partial charge in [-0.1, -0.05) is 11.3 Å². The summed E-state index contributed by atoms with van der Waals surface area (Å²) < 4.78 is 28.6. The number of carbonyl (C=O) groups is 1. The van der Waals surface area contributed by atoms with Crippen molar-refractivity contribution >= 4 is 44.1 Å². The first-order valence-electron chi connectivity index (χ1n) is 7.79. The third-order valence-corrected chi connectivity index (χ3v) is 4.96. The predicted molar refractivity (Wildman–Crippen MR) is 101 cm³/mol. The first-order chi connectivity index (χ1) is 13.1. The molecular formula is C16H14F2N6O3S. The zero-order valence-electron chi connectivity index (χ0n) is 14.7. The number of halogens is 2. The Balaban J connectivity index is 1.83. The first-order valence-corrected chi connectivity index (χ1v) is 8.60. The molecule has 0 aliphatic heterocycles. The van der Waals surface area contributed by atoms with Crippen LogP contribution in [0.25, 0.3) is 10.2 Å². The summed E-state index contributed by atoms with van der Waals surface area (Å²) in [5, 5.41) is 10.5. The van der Waals surface area contributed by atoms with Crippen molar-refractivity contribution in [2.75, 3.05) is 11.1 Å². The number of nitrogens with two attached hydrogens (primary N) is 1. The number of nitrogen functional groups attached to an aromatic ring is 1. The van der Waals surface area contributed by atoms with E-state index in [0.717, 1.165) is 32.6 Å². The summed E-state index contributed by atoms with van der Waals surface area (Å²) in [7, 11) is 2.58. The maximum Gasteiger partial charge on any atom is 0.332 e. The van der Waals surface area contributed by atoms with Gasteiger partial charge in [0.15, 0.2) is 16.8 Å². The second kappa shape index (κ2) is 6.96. The van der Waals surface area contributed by atoms with Crippen molar-refractivity contribution in [3.8, 4) is 0 Å². The molecule has 0 atom stereocenters. The average molecular weight is 408 g/mol. The fourth-order valence-corrected chi connectivity index (χ4v) is 3.42. The molecule has 0 aliphatic carbocycles. The molecule has 2 aromatic heterocycles. The highest BCUT2D eigenvalue weighted by atomic mass is 32.1. The molecule has 12 heteroatoms. The lowest BCUT2D eigenvalue weighted by molar-refractivity contribution is -0.115. The van der Waals surface area contributed by atoms with E-state index < -0.39 is 35.2 Å². The lowest BCUT2D eigenvalue weighted by Crippen LogP contribution is -2.42. The van der Waals surface area contributed by atoms with Gasteiger partial charge in [0.05, 0.1) is 22.3 Å². The number of amides is 1. The van der Waals surface area contributed by atoms with Crippen LogP contribution in [0.4, 0.5) is 19.7 Å². The molecule has 28 heavy (non-hydrogen) atoms. The van der Waals surface area contributed by atoms with E-state index in [4.69, 9.17) is 11.1 Å². The summed E-state index contributed by atoms with van der Waals surface area (Å²) in [6.45, 7) is 0. The number of anilines is 2. The largest absolute Gasteiger partial charge is 0.384 e. The van der Waals surface area contributed by atoms with Gasteiger partial charge in [0.25, 0.3) is 5.56 Å². The number of benzene rings is 1. The molecule has 3 aromatic rings. The molecule has 0 unspecified atom stereocenters. The molecule has 9 nitrogen and oxygen atoms in total. The van der Waals surface area contributed by atoms with Crippen molar-refractivity contribution < 1.29 is 13.6 Å². The smallest absolute Gasteiger partial charge is 0.332 e. The third kappa shape index (κ3) is 3.29. The van der Waals surface area contributed by atoms with Gasteiger partial charge in [0.2, 0.25) is 5.91 Å². The van der Waals surface area contributed by atoms with E-state index in [-0.39, 0.29) is 27.7 Å². The molecule has 0 spiro atoms. The van der Waals surface area contributed by atoms with Crippen LogP contribution in [0.2, 0.25) is 0 Å². The van der Waals surface area contributed by atoms with Gasteiger partial charge >= 0.3 is 5.69 Å². The zero-order valence-corrected chi connectivity index (χ0v) is 15.5. The van der Waals surface area contributed by atoms with E-state index in [1.807, 2.05) is 0 Å². The van der Waals surface area contributed by atoms with Gasteiger partial charge in [-0.25, -0.2) is 18.6 Å². The van der Waals surface area contributed by atoms with Crippen LogP contribution in [0.3, 0.4) is 0 Å². The van der Waals surface area contributed by atoms with E-state index >= 15 is 0 Å². The van der Waals surface area contributed by atoms with E-state index in [9.17, 15) is 23.2 Å². The number of thiazole rings is 1. The van der Waals surface area contributed by atoms with Gasteiger partial charge < -0.3 is 16.5 Å². The number of hydrogen-bond acceptors (Lipinski definition) is 7. The Morgan fingerprint density at radius 1 is 1.25 bits per heavy atom. The normalized spacial score (nSPS) is 11.0. The zero-order chi connectivity index (χ0) is 20.7. The van der Waals surface area contributed by atoms with E-state index in [1.54, 1.807) is 0 Å². The summed E-state index contributed by atoms with van der Waals surface area (Å²) in [6, 6.07) is 1.88. The Morgan fingerprint density at radius 2 is 1.89 bits per heavy atom. The summed E-state index contributed by atoms with van der Waals surface area (Å²) in [4.78, 5) is 40.3. The Morgan fingerprint density at radius 3 is 2.57 bits per heavy atom. The molecule has 146 valence electrons. The second-order valence-electron chi connectivity index (χ2n) is 5.92. The fourth-order valence-electron chi connectivity index (χ4n) is 2.53. The van der Waals surface area contributed by atoms with Gasteiger partial charge in [0.1, 0.15) is 11.4 Å². The number of fused-ring (bicyclic) bond motifs is 1. The molecule has 0 aliphatic rings.